The van der Waals surface area contributed by atoms with Crippen LogP contribution in [0.25, 0.3) is 22.6 Å². The molecule has 0 aliphatic heterocycles. The molecule has 8 heteroatoms. The Morgan fingerprint density at radius 1 is 1.08 bits per heavy atom. The van der Waals surface area contributed by atoms with Crippen LogP contribution in [-0.4, -0.2) is 34.7 Å². The zero-order chi connectivity index (χ0) is 26.6. The van der Waals surface area contributed by atoms with Gasteiger partial charge in [-0.1, -0.05) is 70.9 Å². The maximum Gasteiger partial charge on any atom is 0.328 e. The molecule has 3 heterocycles. The molecular formula is C30H39N7O. The smallest absolute Gasteiger partial charge is 0.295 e. The lowest BCUT2D eigenvalue weighted by molar-refractivity contribution is 0.243. The molecule has 5 rings (SSSR count). The van der Waals surface area contributed by atoms with Crippen LogP contribution in [0.2, 0.25) is 0 Å². The standard InChI is InChI=1S/C30H39N7O/c1-5-7-10-23-19-37(28-22(6-2)14-15-24(28)20(3)4)30(38)36(23)18-21-13-16-27(31-17-21)25-11-8-9-12-26(25)29-32-34-35-33-29/h8-9,11-13,16-17,19-20,22,24,28H,5-7,10,14-15,18H2,1-4H3,(H,32,33,34,35). The van der Waals surface area contributed by atoms with Gasteiger partial charge in [0.15, 0.2) is 0 Å². The highest BCUT2D eigenvalue weighted by Crippen LogP contribution is 2.45. The minimum absolute atomic E-state index is 0.124. The maximum atomic E-state index is 13.9. The van der Waals surface area contributed by atoms with Gasteiger partial charge in [0, 0.05) is 35.3 Å². The van der Waals surface area contributed by atoms with E-state index in [-0.39, 0.29) is 11.7 Å². The number of imidazole rings is 1. The van der Waals surface area contributed by atoms with Gasteiger partial charge in [-0.25, -0.2) is 4.79 Å². The number of nitrogens with one attached hydrogen (secondary N) is 1. The van der Waals surface area contributed by atoms with Crippen molar-refractivity contribution >= 4 is 0 Å². The number of unbranched alkanes of at least 4 members (excludes halogenated alkanes) is 1. The molecule has 3 aromatic heterocycles. The summed E-state index contributed by atoms with van der Waals surface area (Å²) in [7, 11) is 0. The average Bonchev–Trinajstić information content (AvgIpc) is 3.68. The number of aromatic nitrogens is 7. The summed E-state index contributed by atoms with van der Waals surface area (Å²) in [5, 5.41) is 14.5. The van der Waals surface area contributed by atoms with E-state index in [4.69, 9.17) is 4.98 Å². The van der Waals surface area contributed by atoms with Gasteiger partial charge in [-0.05, 0) is 60.3 Å². The van der Waals surface area contributed by atoms with Crippen LogP contribution in [0.4, 0.5) is 0 Å². The molecule has 200 valence electrons. The largest absolute Gasteiger partial charge is 0.328 e. The average molecular weight is 514 g/mol. The Morgan fingerprint density at radius 3 is 2.55 bits per heavy atom. The molecule has 1 aromatic carbocycles. The molecule has 0 amide bonds. The van der Waals surface area contributed by atoms with Crippen LogP contribution in [0.5, 0.6) is 0 Å². The molecule has 1 fully saturated rings. The molecule has 0 saturated heterocycles. The molecule has 0 bridgehead atoms. The van der Waals surface area contributed by atoms with Gasteiger partial charge in [0.2, 0.25) is 5.82 Å². The molecule has 8 nitrogen and oxygen atoms in total. The Hall–Kier alpha value is -3.55. The van der Waals surface area contributed by atoms with Crippen molar-refractivity contribution in [2.24, 2.45) is 17.8 Å². The number of benzene rings is 1. The second-order valence-electron chi connectivity index (χ2n) is 11.0. The van der Waals surface area contributed by atoms with Crippen molar-refractivity contribution in [3.8, 4) is 22.6 Å². The first kappa shape index (κ1) is 26.1. The van der Waals surface area contributed by atoms with E-state index in [1.54, 1.807) is 0 Å². The molecule has 1 aliphatic rings. The Kier molecular flexibility index (Phi) is 7.86. The van der Waals surface area contributed by atoms with Crippen LogP contribution in [0, 0.1) is 17.8 Å². The van der Waals surface area contributed by atoms with Crippen LogP contribution in [0.15, 0.2) is 53.6 Å². The second kappa shape index (κ2) is 11.5. The van der Waals surface area contributed by atoms with Crippen molar-refractivity contribution in [2.45, 2.75) is 78.8 Å². The highest BCUT2D eigenvalue weighted by molar-refractivity contribution is 5.78. The van der Waals surface area contributed by atoms with Crippen LogP contribution in [0.1, 0.15) is 77.1 Å². The first-order chi connectivity index (χ1) is 18.5. The predicted molar refractivity (Wildman–Crippen MR) is 150 cm³/mol. The van der Waals surface area contributed by atoms with Crippen molar-refractivity contribution < 1.29 is 0 Å². The number of tetrazole rings is 1. The second-order valence-corrected chi connectivity index (χ2v) is 11.0. The van der Waals surface area contributed by atoms with E-state index in [1.165, 1.54) is 12.8 Å². The van der Waals surface area contributed by atoms with E-state index in [2.05, 4.69) is 65.1 Å². The lowest BCUT2D eigenvalue weighted by atomic mass is 9.87. The highest BCUT2D eigenvalue weighted by Gasteiger charge is 2.39. The van der Waals surface area contributed by atoms with Gasteiger partial charge < -0.3 is 0 Å². The van der Waals surface area contributed by atoms with Gasteiger partial charge >= 0.3 is 5.69 Å². The van der Waals surface area contributed by atoms with Gasteiger partial charge in [0.1, 0.15) is 0 Å². The number of aromatic amines is 1. The Bertz CT molecular complexity index is 1380. The van der Waals surface area contributed by atoms with Gasteiger partial charge in [-0.3, -0.25) is 14.1 Å². The van der Waals surface area contributed by atoms with E-state index in [0.29, 0.717) is 30.1 Å². The summed E-state index contributed by atoms with van der Waals surface area (Å²) in [4.78, 5) is 18.7. The molecule has 1 aliphatic carbocycles. The van der Waals surface area contributed by atoms with E-state index < -0.39 is 0 Å². The summed E-state index contributed by atoms with van der Waals surface area (Å²) in [6.07, 6.45) is 10.7. The van der Waals surface area contributed by atoms with Crippen molar-refractivity contribution in [1.82, 2.24) is 34.7 Å². The number of aryl methyl sites for hydroxylation is 1. The lowest BCUT2D eigenvalue weighted by Crippen LogP contribution is -2.33. The molecule has 0 radical (unpaired) electrons. The number of nitrogens with zero attached hydrogens (tertiary/aromatic N) is 6. The van der Waals surface area contributed by atoms with Crippen LogP contribution < -0.4 is 5.69 Å². The zero-order valence-corrected chi connectivity index (χ0v) is 23.0. The molecule has 1 saturated carbocycles. The van der Waals surface area contributed by atoms with E-state index in [9.17, 15) is 4.79 Å². The molecule has 3 atom stereocenters. The summed E-state index contributed by atoms with van der Waals surface area (Å²) in [6, 6.07) is 12.3. The summed E-state index contributed by atoms with van der Waals surface area (Å²) in [5.41, 5.74) is 4.92. The van der Waals surface area contributed by atoms with Crippen LogP contribution in [0.3, 0.4) is 0 Å². The minimum Gasteiger partial charge on any atom is -0.295 e. The molecule has 0 spiro atoms. The van der Waals surface area contributed by atoms with Crippen molar-refractivity contribution in [3.63, 3.8) is 0 Å². The number of pyridine rings is 1. The Balaban J connectivity index is 1.46. The SMILES string of the molecule is CCCCc1cn(C2C(CC)CCC2C(C)C)c(=O)n1Cc1ccc(-c2ccccc2-c2nn[nH]n2)nc1. The lowest BCUT2D eigenvalue weighted by Gasteiger charge is -2.27. The number of rotatable bonds is 10. The van der Waals surface area contributed by atoms with Gasteiger partial charge in [-0.15, -0.1) is 10.2 Å². The third-order valence-electron chi connectivity index (χ3n) is 8.32. The van der Waals surface area contributed by atoms with E-state index in [1.807, 2.05) is 41.1 Å². The Morgan fingerprint density at radius 2 is 1.89 bits per heavy atom. The Labute approximate surface area is 224 Å². The molecule has 3 unspecified atom stereocenters. The molecule has 1 N–H and O–H groups in total. The third kappa shape index (κ3) is 5.08. The monoisotopic (exact) mass is 513 g/mol. The van der Waals surface area contributed by atoms with E-state index >= 15 is 0 Å². The fraction of sp³-hybridized carbons (Fsp3) is 0.500. The summed E-state index contributed by atoms with van der Waals surface area (Å²) in [6.45, 7) is 9.61. The van der Waals surface area contributed by atoms with Crippen molar-refractivity contribution in [3.05, 3.63) is 70.5 Å². The number of hydrogen-bond acceptors (Lipinski definition) is 5. The van der Waals surface area contributed by atoms with Crippen molar-refractivity contribution in [1.29, 1.82) is 0 Å². The third-order valence-corrected chi connectivity index (χ3v) is 8.32. The first-order valence-corrected chi connectivity index (χ1v) is 14.1. The van der Waals surface area contributed by atoms with Gasteiger partial charge in [0.05, 0.1) is 12.2 Å². The zero-order valence-electron chi connectivity index (χ0n) is 23.0. The van der Waals surface area contributed by atoms with Crippen LogP contribution >= 0.6 is 0 Å². The molecule has 38 heavy (non-hydrogen) atoms. The van der Waals surface area contributed by atoms with Crippen LogP contribution in [-0.2, 0) is 13.0 Å². The highest BCUT2D eigenvalue weighted by atomic mass is 16.1. The number of H-pyrrole nitrogens is 1. The summed E-state index contributed by atoms with van der Waals surface area (Å²) < 4.78 is 4.09. The fourth-order valence-electron chi connectivity index (χ4n) is 6.23. The normalized spacial score (nSPS) is 19.4. The summed E-state index contributed by atoms with van der Waals surface area (Å²) in [5.74, 6) is 2.22. The topological polar surface area (TPSA) is 94.3 Å². The van der Waals surface area contributed by atoms with Crippen molar-refractivity contribution in [2.75, 3.05) is 0 Å². The maximum absolute atomic E-state index is 13.9. The first-order valence-electron chi connectivity index (χ1n) is 14.1. The quantitative estimate of drug-likeness (QED) is 0.284. The molecular weight excluding hydrogens is 474 g/mol. The minimum atomic E-state index is 0.124. The fourth-order valence-corrected chi connectivity index (χ4v) is 6.23. The predicted octanol–water partition coefficient (Wildman–Crippen LogP) is 5.92. The van der Waals surface area contributed by atoms with E-state index in [0.717, 1.165) is 53.8 Å². The molecule has 4 aromatic rings. The summed E-state index contributed by atoms with van der Waals surface area (Å²) >= 11 is 0. The van der Waals surface area contributed by atoms with Gasteiger partial charge in [0.25, 0.3) is 0 Å². The van der Waals surface area contributed by atoms with Gasteiger partial charge in [-0.2, -0.15) is 5.21 Å². The number of hydrogen-bond donors (Lipinski definition) is 1.